The molecule has 0 N–H and O–H groups in total. The van der Waals surface area contributed by atoms with Crippen LogP contribution in [0.4, 0.5) is 0 Å². The summed E-state index contributed by atoms with van der Waals surface area (Å²) in [5.74, 6) is 4.39. The zero-order valence-corrected chi connectivity index (χ0v) is 36.0. The van der Waals surface area contributed by atoms with E-state index in [9.17, 15) is 0 Å². The standard InChI is InChI=1S/3C15H23.Sn/c3*1-10(2)13-7-14(11(3)4)9-15(8-13)12(5)6;/h3*7-8,10-12H,1-6H3;/q;;;+1. The van der Waals surface area contributed by atoms with Crippen molar-refractivity contribution in [3.8, 4) is 0 Å². The first kappa shape index (κ1) is 38.9. The van der Waals surface area contributed by atoms with Crippen LogP contribution >= 0.6 is 0 Å². The van der Waals surface area contributed by atoms with E-state index in [0.29, 0.717) is 53.3 Å². The van der Waals surface area contributed by atoms with Crippen LogP contribution in [0.25, 0.3) is 0 Å². The van der Waals surface area contributed by atoms with Crippen molar-refractivity contribution >= 4 is 30.5 Å². The van der Waals surface area contributed by atoms with Crippen LogP contribution in [0.1, 0.15) is 228 Å². The van der Waals surface area contributed by atoms with E-state index in [1.807, 2.05) is 0 Å². The van der Waals surface area contributed by atoms with Crippen molar-refractivity contribution in [2.45, 2.75) is 178 Å². The second-order valence-electron chi connectivity index (χ2n) is 17.0. The van der Waals surface area contributed by atoms with Gasteiger partial charge in [0.2, 0.25) is 0 Å². The van der Waals surface area contributed by atoms with Crippen LogP contribution < -0.4 is 10.7 Å². The average molecular weight is 729 g/mol. The van der Waals surface area contributed by atoms with Crippen molar-refractivity contribution in [2.75, 3.05) is 0 Å². The molecule has 0 atom stereocenters. The molecule has 3 rings (SSSR count). The summed E-state index contributed by atoms with van der Waals surface area (Å²) in [7, 11) is 0. The molecule has 0 unspecified atom stereocenters. The van der Waals surface area contributed by atoms with Crippen LogP contribution in [-0.2, 0) is 0 Å². The normalized spacial score (nSPS) is 12.6. The molecule has 3 aromatic carbocycles. The summed E-state index contributed by atoms with van der Waals surface area (Å²) in [6, 6.07) is 15.8. The number of hydrogen-bond donors (Lipinski definition) is 0. The molecule has 0 aliphatic rings. The first-order chi connectivity index (χ1) is 21.3. The molecule has 0 bridgehead atoms. The summed E-state index contributed by atoms with van der Waals surface area (Å²) < 4.78 is 5.33. The summed E-state index contributed by atoms with van der Waals surface area (Å²) in [5.41, 5.74) is 14.3. The molecule has 252 valence electrons. The summed E-state index contributed by atoms with van der Waals surface area (Å²) in [6.45, 7) is 43.7. The van der Waals surface area contributed by atoms with Crippen molar-refractivity contribution in [1.29, 1.82) is 0 Å². The molecule has 1 heteroatoms. The van der Waals surface area contributed by atoms with Crippen LogP contribution in [-0.4, -0.2) is 19.8 Å². The van der Waals surface area contributed by atoms with Gasteiger partial charge < -0.3 is 0 Å². The molecular weight excluding hydrogens is 659 g/mol. The van der Waals surface area contributed by atoms with Gasteiger partial charge in [0.1, 0.15) is 0 Å². The predicted molar refractivity (Wildman–Crippen MR) is 211 cm³/mol. The fourth-order valence-electron chi connectivity index (χ4n) is 7.11. The Hall–Kier alpha value is -1.54. The van der Waals surface area contributed by atoms with Crippen molar-refractivity contribution in [3.63, 3.8) is 0 Å². The Bertz CT molecular complexity index is 1210. The first-order valence-electron chi connectivity index (χ1n) is 18.7. The molecular formula is C45H69Sn+. The molecule has 0 radical (unpaired) electrons. The Morgan fingerprint density at radius 2 is 0.413 bits per heavy atom. The second-order valence-corrected chi connectivity index (χ2v) is 23.4. The molecule has 0 amide bonds. The minimum atomic E-state index is -2.96. The van der Waals surface area contributed by atoms with Crippen LogP contribution in [0.3, 0.4) is 0 Å². The van der Waals surface area contributed by atoms with E-state index in [4.69, 9.17) is 0 Å². The summed E-state index contributed by atoms with van der Waals surface area (Å²) in [6.07, 6.45) is 0. The van der Waals surface area contributed by atoms with Gasteiger partial charge in [-0.25, -0.2) is 0 Å². The third-order valence-corrected chi connectivity index (χ3v) is 19.4. The van der Waals surface area contributed by atoms with E-state index >= 15 is 0 Å². The Morgan fingerprint density at radius 3 is 0.522 bits per heavy atom. The van der Waals surface area contributed by atoms with Crippen LogP contribution in [0.2, 0.25) is 0 Å². The Balaban J connectivity index is 2.84. The minimum absolute atomic E-state index is 0.474. The number of hydrogen-bond acceptors (Lipinski definition) is 0. The fraction of sp³-hybridized carbons (Fsp3) is 0.600. The van der Waals surface area contributed by atoms with Crippen LogP contribution in [0, 0.1) is 0 Å². The third kappa shape index (κ3) is 8.18. The van der Waals surface area contributed by atoms with Gasteiger partial charge in [0, 0.05) is 0 Å². The summed E-state index contributed by atoms with van der Waals surface area (Å²) in [5, 5.41) is 0. The van der Waals surface area contributed by atoms with E-state index in [2.05, 4.69) is 161 Å². The molecule has 0 saturated carbocycles. The monoisotopic (exact) mass is 729 g/mol. The van der Waals surface area contributed by atoms with Crippen molar-refractivity contribution in [1.82, 2.24) is 0 Å². The zero-order chi connectivity index (χ0) is 34.9. The Labute approximate surface area is 293 Å². The topological polar surface area (TPSA) is 0 Å². The van der Waals surface area contributed by atoms with Gasteiger partial charge in [0.15, 0.2) is 0 Å². The van der Waals surface area contributed by atoms with E-state index in [0.717, 1.165) is 0 Å². The molecule has 0 aromatic heterocycles. The fourth-order valence-corrected chi connectivity index (χ4v) is 20.4. The molecule has 0 nitrogen and oxygen atoms in total. The molecule has 46 heavy (non-hydrogen) atoms. The van der Waals surface area contributed by atoms with Gasteiger partial charge in [0.05, 0.1) is 0 Å². The van der Waals surface area contributed by atoms with Crippen molar-refractivity contribution < 1.29 is 0 Å². The molecule has 0 fully saturated rings. The van der Waals surface area contributed by atoms with Crippen molar-refractivity contribution in [3.05, 3.63) is 86.5 Å². The first-order valence-corrected chi connectivity index (χ1v) is 23.0. The van der Waals surface area contributed by atoms with Gasteiger partial charge >= 0.3 is 295 Å². The molecule has 0 aliphatic carbocycles. The Morgan fingerprint density at radius 1 is 0.261 bits per heavy atom. The summed E-state index contributed by atoms with van der Waals surface area (Å²) in [4.78, 5) is 0. The second kappa shape index (κ2) is 15.8. The van der Waals surface area contributed by atoms with Gasteiger partial charge in [-0.2, -0.15) is 0 Å². The Kier molecular flexibility index (Phi) is 13.3. The molecule has 3 aromatic rings. The number of benzene rings is 3. The molecule has 0 aliphatic heterocycles. The van der Waals surface area contributed by atoms with Gasteiger partial charge in [-0.1, -0.05) is 0 Å². The van der Waals surface area contributed by atoms with Gasteiger partial charge in [-0.05, 0) is 0 Å². The van der Waals surface area contributed by atoms with E-state index in [1.165, 1.54) is 16.7 Å². The van der Waals surface area contributed by atoms with E-state index in [-0.39, 0.29) is 0 Å². The SMILES string of the molecule is CC(C)c1cc(C(C)C)[c]([Sn+]([c]2c(C(C)C)cc(C(C)C)cc2C(C)C)[c]2c(C(C)C)cc(C(C)C)cc2C(C)C)c(C(C)C)c1. The number of rotatable bonds is 12. The maximum absolute atomic E-state index is 2.96. The molecule has 0 heterocycles. The average Bonchev–Trinajstić information content (AvgIpc) is 2.95. The molecule has 0 saturated heterocycles. The molecule has 0 spiro atoms. The summed E-state index contributed by atoms with van der Waals surface area (Å²) >= 11 is -2.96. The van der Waals surface area contributed by atoms with E-state index < -0.39 is 19.8 Å². The van der Waals surface area contributed by atoms with E-state index in [1.54, 1.807) is 44.1 Å². The van der Waals surface area contributed by atoms with Crippen molar-refractivity contribution in [2.24, 2.45) is 0 Å². The van der Waals surface area contributed by atoms with Crippen LogP contribution in [0.15, 0.2) is 36.4 Å². The third-order valence-electron chi connectivity index (χ3n) is 10.1. The van der Waals surface area contributed by atoms with Gasteiger partial charge in [-0.15, -0.1) is 0 Å². The van der Waals surface area contributed by atoms with Crippen LogP contribution in [0.5, 0.6) is 0 Å². The zero-order valence-electron chi connectivity index (χ0n) is 33.2. The maximum atomic E-state index is 2.64. The van der Waals surface area contributed by atoms with Gasteiger partial charge in [0.25, 0.3) is 0 Å². The predicted octanol–water partition coefficient (Wildman–Crippen LogP) is 12.3. The van der Waals surface area contributed by atoms with Gasteiger partial charge in [-0.3, -0.25) is 0 Å². The quantitative estimate of drug-likeness (QED) is 0.163.